The fraction of sp³-hybridized carbons (Fsp3) is 0. The van der Waals surface area contributed by atoms with Crippen LogP contribution in [0.4, 0.5) is 0 Å². The van der Waals surface area contributed by atoms with Gasteiger partial charge >= 0.3 is 0 Å². The highest BCUT2D eigenvalue weighted by molar-refractivity contribution is 6.26. The van der Waals surface area contributed by atoms with Crippen molar-refractivity contribution in [1.82, 2.24) is 9.97 Å². The van der Waals surface area contributed by atoms with Crippen LogP contribution in [-0.4, -0.2) is 9.97 Å². The standard InChI is InChI=1S/C52H32N2/c1-3-10-33(11-4-1)38-20-21-40-31-41(23-22-39(40)30-38)48-32-49(54-52(53-48)37-12-5-2-6-13-37)46-29-28-44(42-16-7-8-17-43(42)46)45-26-24-36-19-18-34-14-9-15-35-25-27-47(45)51(36)50(34)35/h1-32H. The van der Waals surface area contributed by atoms with Crippen molar-refractivity contribution in [3.8, 4) is 56.2 Å². The van der Waals surface area contributed by atoms with Crippen molar-refractivity contribution in [1.29, 1.82) is 0 Å². The van der Waals surface area contributed by atoms with Crippen LogP contribution in [0.3, 0.4) is 0 Å². The van der Waals surface area contributed by atoms with Gasteiger partial charge in [-0.1, -0.05) is 176 Å². The lowest BCUT2D eigenvalue weighted by Gasteiger charge is -2.17. The van der Waals surface area contributed by atoms with E-state index >= 15 is 0 Å². The van der Waals surface area contributed by atoms with Gasteiger partial charge in [-0.2, -0.15) is 0 Å². The maximum Gasteiger partial charge on any atom is 0.160 e. The summed E-state index contributed by atoms with van der Waals surface area (Å²) in [7, 11) is 0. The van der Waals surface area contributed by atoms with E-state index in [0.717, 1.165) is 33.5 Å². The Morgan fingerprint density at radius 2 is 0.778 bits per heavy atom. The lowest BCUT2D eigenvalue weighted by Crippen LogP contribution is -1.97. The second-order valence-electron chi connectivity index (χ2n) is 14.1. The number of rotatable bonds is 5. The fourth-order valence-corrected chi connectivity index (χ4v) is 8.39. The first-order valence-electron chi connectivity index (χ1n) is 18.5. The van der Waals surface area contributed by atoms with Gasteiger partial charge in [0, 0.05) is 16.7 Å². The van der Waals surface area contributed by atoms with Gasteiger partial charge in [-0.3, -0.25) is 0 Å². The predicted molar refractivity (Wildman–Crippen MR) is 228 cm³/mol. The zero-order valence-electron chi connectivity index (χ0n) is 29.4. The highest BCUT2D eigenvalue weighted by Crippen LogP contribution is 2.43. The van der Waals surface area contributed by atoms with E-state index in [1.54, 1.807) is 0 Å². The molecule has 0 N–H and O–H groups in total. The molecule has 0 spiro atoms. The number of hydrogen-bond acceptors (Lipinski definition) is 2. The zero-order chi connectivity index (χ0) is 35.6. The molecule has 0 saturated carbocycles. The molecule has 2 nitrogen and oxygen atoms in total. The van der Waals surface area contributed by atoms with Crippen molar-refractivity contribution in [2.75, 3.05) is 0 Å². The number of benzene rings is 10. The molecule has 0 amide bonds. The fourth-order valence-electron chi connectivity index (χ4n) is 8.39. The van der Waals surface area contributed by atoms with Crippen molar-refractivity contribution < 1.29 is 0 Å². The molecule has 0 aliphatic rings. The first-order chi connectivity index (χ1) is 26.7. The Hall–Kier alpha value is -7.16. The van der Waals surface area contributed by atoms with Crippen LogP contribution >= 0.6 is 0 Å². The van der Waals surface area contributed by atoms with Crippen molar-refractivity contribution in [3.05, 3.63) is 194 Å². The third kappa shape index (κ3) is 4.96. The second kappa shape index (κ2) is 12.2. The summed E-state index contributed by atoms with van der Waals surface area (Å²) in [5, 5.41) is 12.5. The Bertz CT molecular complexity index is 3190. The molecular weight excluding hydrogens is 653 g/mol. The summed E-state index contributed by atoms with van der Waals surface area (Å²) in [4.78, 5) is 10.4. The molecule has 0 atom stereocenters. The normalized spacial score (nSPS) is 11.7. The summed E-state index contributed by atoms with van der Waals surface area (Å²) < 4.78 is 0. The second-order valence-corrected chi connectivity index (χ2v) is 14.1. The monoisotopic (exact) mass is 684 g/mol. The van der Waals surface area contributed by atoms with Gasteiger partial charge in [0.1, 0.15) is 0 Å². The van der Waals surface area contributed by atoms with Crippen LogP contribution in [0.25, 0.3) is 110 Å². The third-order valence-electron chi connectivity index (χ3n) is 11.0. The quantitative estimate of drug-likeness (QED) is 0.169. The van der Waals surface area contributed by atoms with Crippen LogP contribution in [-0.2, 0) is 0 Å². The Morgan fingerprint density at radius 1 is 0.259 bits per heavy atom. The lowest BCUT2D eigenvalue weighted by atomic mass is 9.87. The first kappa shape index (κ1) is 30.5. The van der Waals surface area contributed by atoms with Crippen molar-refractivity contribution in [3.63, 3.8) is 0 Å². The molecular formula is C52H32N2. The van der Waals surface area contributed by atoms with Crippen molar-refractivity contribution >= 4 is 53.9 Å². The molecule has 0 aliphatic carbocycles. The molecule has 0 bridgehead atoms. The molecule has 250 valence electrons. The van der Waals surface area contributed by atoms with E-state index in [1.165, 1.54) is 70.7 Å². The summed E-state index contributed by atoms with van der Waals surface area (Å²) in [5.41, 5.74) is 9.81. The molecule has 2 heteroatoms. The van der Waals surface area contributed by atoms with Gasteiger partial charge in [0.25, 0.3) is 0 Å². The minimum atomic E-state index is 0.711. The van der Waals surface area contributed by atoms with E-state index in [9.17, 15) is 0 Å². The van der Waals surface area contributed by atoms with Crippen LogP contribution in [0.1, 0.15) is 0 Å². The zero-order valence-corrected chi connectivity index (χ0v) is 29.4. The summed E-state index contributed by atoms with van der Waals surface area (Å²) in [6.45, 7) is 0. The predicted octanol–water partition coefficient (Wildman–Crippen LogP) is 14.0. The average molecular weight is 685 g/mol. The summed E-state index contributed by atoms with van der Waals surface area (Å²) in [6.07, 6.45) is 0. The minimum absolute atomic E-state index is 0.711. The first-order valence-corrected chi connectivity index (χ1v) is 18.5. The average Bonchev–Trinajstić information content (AvgIpc) is 3.25. The van der Waals surface area contributed by atoms with E-state index in [-0.39, 0.29) is 0 Å². The van der Waals surface area contributed by atoms with Crippen molar-refractivity contribution in [2.45, 2.75) is 0 Å². The van der Waals surface area contributed by atoms with Crippen molar-refractivity contribution in [2.24, 2.45) is 0 Å². The van der Waals surface area contributed by atoms with Gasteiger partial charge in [-0.15, -0.1) is 0 Å². The van der Waals surface area contributed by atoms with E-state index in [0.29, 0.717) is 5.82 Å². The van der Waals surface area contributed by atoms with E-state index < -0.39 is 0 Å². The van der Waals surface area contributed by atoms with E-state index in [2.05, 4.69) is 176 Å². The van der Waals surface area contributed by atoms with Gasteiger partial charge < -0.3 is 0 Å². The van der Waals surface area contributed by atoms with Gasteiger partial charge in [0.2, 0.25) is 0 Å². The summed E-state index contributed by atoms with van der Waals surface area (Å²) in [5.74, 6) is 0.711. The molecule has 1 aromatic heterocycles. The van der Waals surface area contributed by atoms with Gasteiger partial charge in [-0.25, -0.2) is 9.97 Å². The Balaban J connectivity index is 1.08. The molecule has 0 aliphatic heterocycles. The number of aromatic nitrogens is 2. The molecule has 11 rings (SSSR count). The molecule has 1 heterocycles. The minimum Gasteiger partial charge on any atom is -0.228 e. The van der Waals surface area contributed by atoms with Crippen LogP contribution in [0.2, 0.25) is 0 Å². The van der Waals surface area contributed by atoms with Gasteiger partial charge in [0.05, 0.1) is 11.4 Å². The number of fused-ring (bicyclic) bond motifs is 2. The highest BCUT2D eigenvalue weighted by atomic mass is 14.9. The highest BCUT2D eigenvalue weighted by Gasteiger charge is 2.18. The smallest absolute Gasteiger partial charge is 0.160 e. The lowest BCUT2D eigenvalue weighted by molar-refractivity contribution is 1.19. The summed E-state index contributed by atoms with van der Waals surface area (Å²) in [6, 6.07) is 69.9. The molecule has 11 aromatic rings. The molecule has 0 saturated heterocycles. The van der Waals surface area contributed by atoms with Crippen LogP contribution in [0.15, 0.2) is 194 Å². The SMILES string of the molecule is c1ccc(-c2ccc3cc(-c4cc(-c5ccc(-c6ccc7ccc8cccc9ccc6c7c89)c6ccccc56)nc(-c5ccccc5)n4)ccc3c2)cc1. The third-order valence-corrected chi connectivity index (χ3v) is 11.0. The van der Waals surface area contributed by atoms with Gasteiger partial charge in [0.15, 0.2) is 5.82 Å². The number of hydrogen-bond donors (Lipinski definition) is 0. The molecule has 0 unspecified atom stereocenters. The van der Waals surface area contributed by atoms with Crippen LogP contribution in [0.5, 0.6) is 0 Å². The molecule has 10 aromatic carbocycles. The summed E-state index contributed by atoms with van der Waals surface area (Å²) >= 11 is 0. The van der Waals surface area contributed by atoms with Crippen LogP contribution < -0.4 is 0 Å². The Morgan fingerprint density at radius 3 is 1.54 bits per heavy atom. The van der Waals surface area contributed by atoms with E-state index in [4.69, 9.17) is 9.97 Å². The molecule has 54 heavy (non-hydrogen) atoms. The largest absolute Gasteiger partial charge is 0.228 e. The maximum absolute atomic E-state index is 5.25. The molecule has 0 fully saturated rings. The number of nitrogens with zero attached hydrogens (tertiary/aromatic N) is 2. The maximum atomic E-state index is 5.25. The Labute approximate surface area is 313 Å². The molecule has 0 radical (unpaired) electrons. The van der Waals surface area contributed by atoms with Crippen LogP contribution in [0, 0.1) is 0 Å². The van der Waals surface area contributed by atoms with E-state index in [1.807, 2.05) is 18.2 Å². The Kier molecular flexibility index (Phi) is 6.90. The topological polar surface area (TPSA) is 25.8 Å². The van der Waals surface area contributed by atoms with Gasteiger partial charge in [-0.05, 0) is 94.3 Å².